The van der Waals surface area contributed by atoms with Gasteiger partial charge in [-0.1, -0.05) is 22.0 Å². The third-order valence-electron chi connectivity index (χ3n) is 1.31. The largest absolute Gasteiger partial charge is 0.256 e. The highest BCUT2D eigenvalue weighted by molar-refractivity contribution is 9.10. The van der Waals surface area contributed by atoms with E-state index in [-0.39, 0.29) is 0 Å². The van der Waals surface area contributed by atoms with Crippen molar-refractivity contribution in [3.63, 3.8) is 0 Å². The molecule has 0 radical (unpaired) electrons. The number of allylic oxidation sites excluding steroid dienone is 1. The number of nitrogens with zero attached hydrogens (tertiary/aromatic N) is 1. The van der Waals surface area contributed by atoms with Crippen LogP contribution in [0.1, 0.15) is 12.1 Å². The highest BCUT2D eigenvalue weighted by atomic mass is 79.9. The summed E-state index contributed by atoms with van der Waals surface area (Å²) in [6.45, 7) is 0. The van der Waals surface area contributed by atoms with Gasteiger partial charge >= 0.3 is 0 Å². The highest BCUT2D eigenvalue weighted by Gasteiger charge is 1.87. The zero-order valence-corrected chi connectivity index (χ0v) is 9.68. The summed E-state index contributed by atoms with van der Waals surface area (Å²) in [5.74, 6) is 0. The van der Waals surface area contributed by atoms with E-state index in [0.29, 0.717) is 0 Å². The molecule has 1 aromatic heterocycles. The van der Waals surface area contributed by atoms with Crippen LogP contribution in [0.5, 0.6) is 0 Å². The molecule has 0 unspecified atom stereocenters. The Morgan fingerprint density at radius 2 is 2.25 bits per heavy atom. The standard InChI is InChI=1S/C9H9Br2N/c10-6-2-1-3-9-5-4-8(11)7-12-9/h1,3-5,7H,2,6H2. The van der Waals surface area contributed by atoms with Crippen LogP contribution in [-0.2, 0) is 0 Å². The molecule has 12 heavy (non-hydrogen) atoms. The van der Waals surface area contributed by atoms with Gasteiger partial charge in [0, 0.05) is 16.0 Å². The van der Waals surface area contributed by atoms with E-state index in [2.05, 4.69) is 42.9 Å². The van der Waals surface area contributed by atoms with Crippen molar-refractivity contribution < 1.29 is 0 Å². The fourth-order valence-electron chi connectivity index (χ4n) is 0.753. The first kappa shape index (κ1) is 9.93. The Morgan fingerprint density at radius 3 is 2.83 bits per heavy atom. The summed E-state index contributed by atoms with van der Waals surface area (Å²) in [5.41, 5.74) is 0.999. The lowest BCUT2D eigenvalue weighted by atomic mass is 10.3. The molecule has 0 bridgehead atoms. The summed E-state index contributed by atoms with van der Waals surface area (Å²) in [6, 6.07) is 3.97. The van der Waals surface area contributed by atoms with Gasteiger partial charge in [-0.05, 0) is 40.6 Å². The van der Waals surface area contributed by atoms with E-state index in [9.17, 15) is 0 Å². The molecule has 1 nitrogen and oxygen atoms in total. The molecule has 3 heteroatoms. The lowest BCUT2D eigenvalue weighted by Crippen LogP contribution is -1.78. The number of hydrogen-bond donors (Lipinski definition) is 0. The van der Waals surface area contributed by atoms with E-state index in [4.69, 9.17) is 0 Å². The molecule has 0 saturated heterocycles. The van der Waals surface area contributed by atoms with E-state index in [1.165, 1.54) is 0 Å². The quantitative estimate of drug-likeness (QED) is 0.775. The van der Waals surface area contributed by atoms with Gasteiger partial charge in [0.1, 0.15) is 0 Å². The molecule has 64 valence electrons. The minimum atomic E-state index is 0.999. The Morgan fingerprint density at radius 1 is 1.42 bits per heavy atom. The van der Waals surface area contributed by atoms with Crippen LogP contribution in [0.2, 0.25) is 0 Å². The molecule has 0 spiro atoms. The summed E-state index contributed by atoms with van der Waals surface area (Å²) in [4.78, 5) is 4.20. The summed E-state index contributed by atoms with van der Waals surface area (Å²) in [5, 5.41) is 1.00. The highest BCUT2D eigenvalue weighted by Crippen LogP contribution is 2.08. The number of hydrogen-bond acceptors (Lipinski definition) is 1. The molecule has 0 aliphatic rings. The topological polar surface area (TPSA) is 12.9 Å². The van der Waals surface area contributed by atoms with Crippen LogP contribution in [-0.4, -0.2) is 10.3 Å². The summed E-state index contributed by atoms with van der Waals surface area (Å²) < 4.78 is 1.01. The Bertz CT molecular complexity index is 254. The number of halogens is 2. The van der Waals surface area contributed by atoms with Gasteiger partial charge in [-0.15, -0.1) is 0 Å². The fraction of sp³-hybridized carbons (Fsp3) is 0.222. The molecule has 1 aromatic rings. The monoisotopic (exact) mass is 289 g/mol. The fourth-order valence-corrected chi connectivity index (χ4v) is 1.25. The number of alkyl halides is 1. The zero-order chi connectivity index (χ0) is 8.81. The number of rotatable bonds is 3. The van der Waals surface area contributed by atoms with Crippen LogP contribution in [0.4, 0.5) is 0 Å². The minimum Gasteiger partial charge on any atom is -0.256 e. The van der Waals surface area contributed by atoms with Gasteiger partial charge < -0.3 is 0 Å². The van der Waals surface area contributed by atoms with Crippen LogP contribution >= 0.6 is 31.9 Å². The van der Waals surface area contributed by atoms with E-state index in [1.54, 1.807) is 6.20 Å². The molecule has 0 fully saturated rings. The summed E-state index contributed by atoms with van der Waals surface area (Å²) >= 11 is 6.69. The third kappa shape index (κ3) is 3.50. The summed E-state index contributed by atoms with van der Waals surface area (Å²) in [7, 11) is 0. The molecule has 0 saturated carbocycles. The second kappa shape index (κ2) is 5.49. The molecule has 0 aromatic carbocycles. The van der Waals surface area contributed by atoms with Crippen LogP contribution < -0.4 is 0 Å². The van der Waals surface area contributed by atoms with Crippen molar-refractivity contribution in [2.45, 2.75) is 6.42 Å². The smallest absolute Gasteiger partial charge is 0.0627 e. The number of pyridine rings is 1. The summed E-state index contributed by atoms with van der Waals surface area (Å²) in [6.07, 6.45) is 6.96. The van der Waals surface area contributed by atoms with Gasteiger partial charge in [0.05, 0.1) is 5.69 Å². The maximum Gasteiger partial charge on any atom is 0.0627 e. The molecule has 0 amide bonds. The van der Waals surface area contributed by atoms with Gasteiger partial charge in [-0.25, -0.2) is 0 Å². The maximum atomic E-state index is 4.20. The minimum absolute atomic E-state index is 0.999. The third-order valence-corrected chi connectivity index (χ3v) is 2.24. The van der Waals surface area contributed by atoms with Crippen LogP contribution in [0, 0.1) is 0 Å². The molecule has 1 rings (SSSR count). The molecule has 0 aliphatic carbocycles. The molecule has 0 aliphatic heterocycles. The Kier molecular flexibility index (Phi) is 4.54. The van der Waals surface area contributed by atoms with Crippen molar-refractivity contribution in [1.29, 1.82) is 0 Å². The second-order valence-corrected chi connectivity index (χ2v) is 3.99. The van der Waals surface area contributed by atoms with Crippen molar-refractivity contribution in [2.24, 2.45) is 0 Å². The predicted octanol–water partition coefficient (Wildman–Crippen LogP) is 3.64. The van der Waals surface area contributed by atoms with E-state index < -0.39 is 0 Å². The van der Waals surface area contributed by atoms with Gasteiger partial charge in [-0.3, -0.25) is 4.98 Å². The van der Waals surface area contributed by atoms with Gasteiger partial charge in [0.15, 0.2) is 0 Å². The average Bonchev–Trinajstić information content (AvgIpc) is 2.09. The van der Waals surface area contributed by atoms with Gasteiger partial charge in [0.25, 0.3) is 0 Å². The molecule has 0 N–H and O–H groups in total. The van der Waals surface area contributed by atoms with E-state index in [1.807, 2.05) is 18.2 Å². The first-order valence-electron chi connectivity index (χ1n) is 3.67. The molecule has 0 atom stereocenters. The van der Waals surface area contributed by atoms with Crippen LogP contribution in [0.15, 0.2) is 28.9 Å². The molecule has 1 heterocycles. The van der Waals surface area contributed by atoms with Crippen molar-refractivity contribution in [3.05, 3.63) is 34.6 Å². The van der Waals surface area contributed by atoms with Gasteiger partial charge in [0.2, 0.25) is 0 Å². The first-order chi connectivity index (χ1) is 5.83. The second-order valence-electron chi connectivity index (χ2n) is 2.28. The van der Waals surface area contributed by atoms with Crippen molar-refractivity contribution >= 4 is 37.9 Å². The Labute approximate surface area is 89.2 Å². The lowest BCUT2D eigenvalue weighted by molar-refractivity contribution is 1.24. The van der Waals surface area contributed by atoms with E-state index >= 15 is 0 Å². The average molecular weight is 291 g/mol. The predicted molar refractivity (Wildman–Crippen MR) is 59.4 cm³/mol. The Balaban J connectivity index is 2.58. The van der Waals surface area contributed by atoms with Crippen LogP contribution in [0.25, 0.3) is 6.08 Å². The normalized spacial score (nSPS) is 10.8. The van der Waals surface area contributed by atoms with Crippen molar-refractivity contribution in [2.75, 3.05) is 5.33 Å². The molecular weight excluding hydrogens is 282 g/mol. The van der Waals surface area contributed by atoms with Crippen LogP contribution in [0.3, 0.4) is 0 Å². The van der Waals surface area contributed by atoms with Crippen molar-refractivity contribution in [3.8, 4) is 0 Å². The lowest BCUT2D eigenvalue weighted by Gasteiger charge is -1.91. The van der Waals surface area contributed by atoms with Crippen molar-refractivity contribution in [1.82, 2.24) is 4.98 Å². The molecular formula is C9H9Br2N. The zero-order valence-electron chi connectivity index (χ0n) is 6.50. The first-order valence-corrected chi connectivity index (χ1v) is 5.58. The van der Waals surface area contributed by atoms with E-state index in [0.717, 1.165) is 21.9 Å². The number of aromatic nitrogens is 1. The maximum absolute atomic E-state index is 4.20. The SMILES string of the molecule is BrCCC=Cc1ccc(Br)cn1. The Hall–Kier alpha value is -0.150. The van der Waals surface area contributed by atoms with Gasteiger partial charge in [-0.2, -0.15) is 0 Å².